The second-order valence-corrected chi connectivity index (χ2v) is 5.03. The number of amides is 1. The second-order valence-electron chi connectivity index (χ2n) is 4.16. The van der Waals surface area contributed by atoms with Crippen LogP contribution in [0, 0.1) is 6.92 Å². The maximum atomic E-state index is 11.4. The largest absolute Gasteiger partial charge is 0.319 e. The van der Waals surface area contributed by atoms with Crippen LogP contribution in [-0.2, 0) is 11.3 Å². The van der Waals surface area contributed by atoms with Crippen molar-refractivity contribution in [1.29, 1.82) is 0 Å². The van der Waals surface area contributed by atoms with Gasteiger partial charge in [-0.2, -0.15) is 4.99 Å². The third-order valence-electron chi connectivity index (χ3n) is 2.66. The van der Waals surface area contributed by atoms with Gasteiger partial charge in [-0.3, -0.25) is 4.79 Å². The number of thiazole rings is 1. The molecule has 0 saturated heterocycles. The molecule has 94 valence electrons. The highest BCUT2D eigenvalue weighted by atomic mass is 32.1. The summed E-state index contributed by atoms with van der Waals surface area (Å²) in [5, 5.41) is 1.95. The lowest BCUT2D eigenvalue weighted by Gasteiger charge is -2.03. The first-order chi connectivity index (χ1) is 8.69. The van der Waals surface area contributed by atoms with Crippen molar-refractivity contribution in [3.63, 3.8) is 0 Å². The summed E-state index contributed by atoms with van der Waals surface area (Å²) in [6, 6.07) is 8.39. The van der Waals surface area contributed by atoms with Gasteiger partial charge in [0.25, 0.3) is 0 Å². The zero-order valence-electron chi connectivity index (χ0n) is 10.6. The molecule has 18 heavy (non-hydrogen) atoms. The molecule has 0 saturated carbocycles. The molecule has 0 aliphatic carbocycles. The normalized spacial score (nSPS) is 11.8. The number of nitrogens with zero attached hydrogens (tertiary/aromatic N) is 2. The monoisotopic (exact) mass is 260 g/mol. The van der Waals surface area contributed by atoms with E-state index in [9.17, 15) is 4.79 Å². The molecule has 1 aromatic carbocycles. The fraction of sp³-hybridized carbons (Fsp3) is 0.286. The van der Waals surface area contributed by atoms with Crippen LogP contribution in [0.2, 0.25) is 0 Å². The average Bonchev–Trinajstić information content (AvgIpc) is 2.79. The van der Waals surface area contributed by atoms with E-state index in [-0.39, 0.29) is 5.91 Å². The van der Waals surface area contributed by atoms with Gasteiger partial charge >= 0.3 is 0 Å². The first-order valence-corrected chi connectivity index (χ1v) is 6.84. The van der Waals surface area contributed by atoms with E-state index < -0.39 is 0 Å². The first kappa shape index (κ1) is 12.8. The molecule has 0 unspecified atom stereocenters. The zero-order valence-corrected chi connectivity index (χ0v) is 11.4. The number of hydrogen-bond donors (Lipinski definition) is 0. The van der Waals surface area contributed by atoms with Crippen molar-refractivity contribution in [3.05, 3.63) is 51.8 Å². The van der Waals surface area contributed by atoms with Crippen LogP contribution in [0.25, 0.3) is 0 Å². The van der Waals surface area contributed by atoms with Crippen LogP contribution < -0.4 is 4.80 Å². The van der Waals surface area contributed by atoms with Crippen LogP contribution in [0.3, 0.4) is 0 Å². The summed E-state index contributed by atoms with van der Waals surface area (Å²) in [5.41, 5.74) is 2.46. The second kappa shape index (κ2) is 5.78. The molecule has 2 aromatic rings. The van der Waals surface area contributed by atoms with Crippen LogP contribution in [0.1, 0.15) is 24.5 Å². The summed E-state index contributed by atoms with van der Waals surface area (Å²) in [5.74, 6) is -0.0740. The number of aromatic nitrogens is 1. The van der Waals surface area contributed by atoms with Crippen molar-refractivity contribution in [1.82, 2.24) is 4.57 Å². The summed E-state index contributed by atoms with van der Waals surface area (Å²) in [6.45, 7) is 4.64. The van der Waals surface area contributed by atoms with Gasteiger partial charge in [-0.05, 0) is 12.5 Å². The summed E-state index contributed by atoms with van der Waals surface area (Å²) >= 11 is 1.49. The molecule has 0 fully saturated rings. The Morgan fingerprint density at radius 3 is 2.72 bits per heavy atom. The van der Waals surface area contributed by atoms with Crippen molar-refractivity contribution in [3.8, 4) is 0 Å². The van der Waals surface area contributed by atoms with Gasteiger partial charge in [-0.1, -0.05) is 36.8 Å². The molecular weight excluding hydrogens is 244 g/mol. The van der Waals surface area contributed by atoms with Gasteiger partial charge in [-0.15, -0.1) is 11.3 Å². The Morgan fingerprint density at radius 2 is 2.06 bits per heavy atom. The number of benzene rings is 1. The number of aryl methyl sites for hydroxylation is 1. The molecule has 3 nitrogen and oxygen atoms in total. The van der Waals surface area contributed by atoms with Gasteiger partial charge < -0.3 is 4.57 Å². The molecule has 0 aliphatic heterocycles. The topological polar surface area (TPSA) is 34.4 Å². The predicted octanol–water partition coefficient (Wildman–Crippen LogP) is 2.74. The van der Waals surface area contributed by atoms with Gasteiger partial charge in [0.15, 0.2) is 4.80 Å². The van der Waals surface area contributed by atoms with Crippen LogP contribution in [-0.4, -0.2) is 10.5 Å². The predicted molar refractivity (Wildman–Crippen MR) is 73.5 cm³/mol. The lowest BCUT2D eigenvalue weighted by Crippen LogP contribution is -2.16. The number of carbonyl (C=O) groups is 1. The van der Waals surface area contributed by atoms with Gasteiger partial charge in [0, 0.05) is 24.5 Å². The standard InChI is InChI=1S/C14H16N2OS/c1-3-13(17)15-14-16(8-9-18-14)10-12-6-4-11(2)5-7-12/h4-9H,3,10H2,1-2H3. The Balaban J connectivity index is 2.25. The highest BCUT2D eigenvalue weighted by Gasteiger charge is 2.00. The van der Waals surface area contributed by atoms with Crippen molar-refractivity contribution in [2.24, 2.45) is 4.99 Å². The third kappa shape index (κ3) is 3.17. The van der Waals surface area contributed by atoms with Crippen molar-refractivity contribution < 1.29 is 4.79 Å². The molecular formula is C14H16N2OS. The van der Waals surface area contributed by atoms with E-state index in [1.54, 1.807) is 0 Å². The number of hydrogen-bond acceptors (Lipinski definition) is 2. The van der Waals surface area contributed by atoms with Gasteiger partial charge in [0.1, 0.15) is 0 Å². The van der Waals surface area contributed by atoms with E-state index in [2.05, 4.69) is 36.2 Å². The molecule has 0 bridgehead atoms. The van der Waals surface area contributed by atoms with Crippen LogP contribution in [0.15, 0.2) is 40.8 Å². The first-order valence-electron chi connectivity index (χ1n) is 5.96. The number of carbonyl (C=O) groups excluding carboxylic acids is 1. The zero-order chi connectivity index (χ0) is 13.0. The minimum absolute atomic E-state index is 0.0740. The van der Waals surface area contributed by atoms with Crippen molar-refractivity contribution >= 4 is 17.2 Å². The van der Waals surface area contributed by atoms with E-state index >= 15 is 0 Å². The summed E-state index contributed by atoms with van der Waals surface area (Å²) < 4.78 is 2.00. The van der Waals surface area contributed by atoms with E-state index in [1.165, 1.54) is 22.5 Å². The van der Waals surface area contributed by atoms with Gasteiger partial charge in [-0.25, -0.2) is 0 Å². The molecule has 0 atom stereocenters. The minimum atomic E-state index is -0.0740. The maximum Gasteiger partial charge on any atom is 0.248 e. The van der Waals surface area contributed by atoms with Crippen molar-refractivity contribution in [2.75, 3.05) is 0 Å². The Kier molecular flexibility index (Phi) is 4.10. The van der Waals surface area contributed by atoms with Crippen LogP contribution in [0.5, 0.6) is 0 Å². The molecule has 2 rings (SSSR count). The molecule has 0 N–H and O–H groups in total. The van der Waals surface area contributed by atoms with Gasteiger partial charge in [0.2, 0.25) is 5.91 Å². The molecule has 1 heterocycles. The molecule has 0 spiro atoms. The SMILES string of the molecule is CCC(=O)N=c1sccn1Cc1ccc(C)cc1. The van der Waals surface area contributed by atoms with E-state index in [1.807, 2.05) is 23.1 Å². The smallest absolute Gasteiger partial charge is 0.248 e. The highest BCUT2D eigenvalue weighted by Crippen LogP contribution is 2.05. The fourth-order valence-electron chi connectivity index (χ4n) is 1.58. The fourth-order valence-corrected chi connectivity index (χ4v) is 2.33. The molecule has 4 heteroatoms. The lowest BCUT2D eigenvalue weighted by atomic mass is 10.1. The Bertz CT molecular complexity index is 593. The quantitative estimate of drug-likeness (QED) is 0.835. The summed E-state index contributed by atoms with van der Waals surface area (Å²) in [7, 11) is 0. The Hall–Kier alpha value is -1.68. The Morgan fingerprint density at radius 1 is 1.33 bits per heavy atom. The van der Waals surface area contributed by atoms with E-state index in [4.69, 9.17) is 0 Å². The van der Waals surface area contributed by atoms with Crippen LogP contribution in [0.4, 0.5) is 0 Å². The lowest BCUT2D eigenvalue weighted by molar-refractivity contribution is -0.117. The average molecular weight is 260 g/mol. The van der Waals surface area contributed by atoms with Gasteiger partial charge in [0.05, 0.1) is 0 Å². The maximum absolute atomic E-state index is 11.4. The summed E-state index contributed by atoms with van der Waals surface area (Å²) in [6.07, 6.45) is 2.41. The third-order valence-corrected chi connectivity index (χ3v) is 3.45. The molecule has 1 amide bonds. The Labute approximate surface area is 110 Å². The molecule has 1 aromatic heterocycles. The minimum Gasteiger partial charge on any atom is -0.319 e. The molecule has 0 aliphatic rings. The summed E-state index contributed by atoms with van der Waals surface area (Å²) in [4.78, 5) is 16.2. The van der Waals surface area contributed by atoms with E-state index in [0.717, 1.165) is 11.3 Å². The molecule has 0 radical (unpaired) electrons. The number of rotatable bonds is 3. The van der Waals surface area contributed by atoms with E-state index in [0.29, 0.717) is 6.42 Å². The van der Waals surface area contributed by atoms with Crippen LogP contribution >= 0.6 is 11.3 Å². The van der Waals surface area contributed by atoms with Crippen molar-refractivity contribution in [2.45, 2.75) is 26.8 Å². The highest BCUT2D eigenvalue weighted by molar-refractivity contribution is 7.07.